The Morgan fingerprint density at radius 3 is 2.43 bits per heavy atom. The highest BCUT2D eigenvalue weighted by atomic mass is 16.5. The van der Waals surface area contributed by atoms with E-state index >= 15 is 0 Å². The molecule has 1 aromatic rings. The van der Waals surface area contributed by atoms with E-state index in [2.05, 4.69) is 24.3 Å². The van der Waals surface area contributed by atoms with E-state index in [1.807, 2.05) is 11.0 Å². The topological polar surface area (TPSA) is 29.5 Å². The Labute approximate surface area is 128 Å². The first-order valence-corrected chi connectivity index (χ1v) is 8.26. The highest BCUT2D eigenvalue weighted by molar-refractivity contribution is 5.76. The van der Waals surface area contributed by atoms with E-state index in [0.717, 1.165) is 32.5 Å². The summed E-state index contributed by atoms with van der Waals surface area (Å²) in [5.74, 6) is 0.309. The Kier molecular flexibility index (Phi) is 7.30. The van der Waals surface area contributed by atoms with Gasteiger partial charge in [-0.05, 0) is 31.2 Å². The molecule has 0 N–H and O–H groups in total. The summed E-state index contributed by atoms with van der Waals surface area (Å²) in [4.78, 5) is 14.1. The maximum Gasteiger partial charge on any atom is 0.222 e. The molecule has 3 heteroatoms. The second kappa shape index (κ2) is 9.56. The summed E-state index contributed by atoms with van der Waals surface area (Å²) in [6.45, 7) is 3.33. The smallest absolute Gasteiger partial charge is 0.222 e. The standard InChI is InChI=1S/C18H27NO2/c20-18(19-13-6-1-2-7-14-19)11-8-15-21-16-12-17-9-4-3-5-10-17/h3-5,9-10H,1-2,6-8,11-16H2. The van der Waals surface area contributed by atoms with Crippen molar-refractivity contribution in [2.75, 3.05) is 26.3 Å². The van der Waals surface area contributed by atoms with Gasteiger partial charge in [0.25, 0.3) is 0 Å². The monoisotopic (exact) mass is 289 g/mol. The Hall–Kier alpha value is -1.35. The number of rotatable bonds is 7. The molecule has 1 heterocycles. The fourth-order valence-corrected chi connectivity index (χ4v) is 2.74. The molecule has 1 aromatic carbocycles. The van der Waals surface area contributed by atoms with E-state index in [0.29, 0.717) is 18.9 Å². The van der Waals surface area contributed by atoms with Gasteiger partial charge in [0.15, 0.2) is 0 Å². The van der Waals surface area contributed by atoms with Crippen molar-refractivity contribution in [3.63, 3.8) is 0 Å². The Morgan fingerprint density at radius 1 is 1.00 bits per heavy atom. The minimum Gasteiger partial charge on any atom is -0.381 e. The second-order valence-corrected chi connectivity index (χ2v) is 5.75. The van der Waals surface area contributed by atoms with Crippen molar-refractivity contribution < 1.29 is 9.53 Å². The number of carbonyl (C=O) groups excluding carboxylic acids is 1. The number of ether oxygens (including phenoxy) is 1. The first-order valence-electron chi connectivity index (χ1n) is 8.26. The number of likely N-dealkylation sites (tertiary alicyclic amines) is 1. The summed E-state index contributed by atoms with van der Waals surface area (Å²) in [6, 6.07) is 10.4. The minimum absolute atomic E-state index is 0.309. The molecule has 0 bridgehead atoms. The van der Waals surface area contributed by atoms with Crippen LogP contribution in [0.15, 0.2) is 30.3 Å². The molecule has 116 valence electrons. The summed E-state index contributed by atoms with van der Waals surface area (Å²) in [6.07, 6.45) is 7.29. The molecule has 0 aromatic heterocycles. The third-order valence-electron chi connectivity index (χ3n) is 4.02. The Balaban J connectivity index is 1.52. The lowest BCUT2D eigenvalue weighted by Crippen LogP contribution is -2.31. The molecule has 0 aliphatic carbocycles. The number of amides is 1. The van der Waals surface area contributed by atoms with Gasteiger partial charge in [0, 0.05) is 26.1 Å². The van der Waals surface area contributed by atoms with Crippen molar-refractivity contribution in [1.29, 1.82) is 0 Å². The number of hydrogen-bond donors (Lipinski definition) is 0. The van der Waals surface area contributed by atoms with Gasteiger partial charge < -0.3 is 9.64 Å². The van der Waals surface area contributed by atoms with Gasteiger partial charge in [0.1, 0.15) is 0 Å². The number of hydrogen-bond acceptors (Lipinski definition) is 2. The molecular weight excluding hydrogens is 262 g/mol. The van der Waals surface area contributed by atoms with Crippen molar-refractivity contribution in [3.05, 3.63) is 35.9 Å². The van der Waals surface area contributed by atoms with Gasteiger partial charge >= 0.3 is 0 Å². The van der Waals surface area contributed by atoms with Crippen LogP contribution in [0, 0.1) is 0 Å². The summed E-state index contributed by atoms with van der Waals surface area (Å²) in [7, 11) is 0. The van der Waals surface area contributed by atoms with Crippen LogP contribution in [0.1, 0.15) is 44.1 Å². The van der Waals surface area contributed by atoms with Crippen LogP contribution < -0.4 is 0 Å². The lowest BCUT2D eigenvalue weighted by atomic mass is 10.2. The zero-order chi connectivity index (χ0) is 14.8. The first-order chi connectivity index (χ1) is 10.4. The predicted molar refractivity (Wildman–Crippen MR) is 85.2 cm³/mol. The molecule has 1 fully saturated rings. The summed E-state index contributed by atoms with van der Waals surface area (Å²) in [5.41, 5.74) is 1.30. The maximum absolute atomic E-state index is 12.1. The van der Waals surface area contributed by atoms with Gasteiger partial charge in [0.05, 0.1) is 6.61 Å². The van der Waals surface area contributed by atoms with Gasteiger partial charge in [-0.3, -0.25) is 4.79 Å². The van der Waals surface area contributed by atoms with Crippen LogP contribution in [0.2, 0.25) is 0 Å². The van der Waals surface area contributed by atoms with Crippen LogP contribution in [0.25, 0.3) is 0 Å². The van der Waals surface area contributed by atoms with Crippen molar-refractivity contribution in [2.24, 2.45) is 0 Å². The van der Waals surface area contributed by atoms with Crippen LogP contribution in [0.5, 0.6) is 0 Å². The largest absolute Gasteiger partial charge is 0.381 e. The molecule has 1 aliphatic heterocycles. The molecular formula is C18H27NO2. The first kappa shape index (κ1) is 16.0. The van der Waals surface area contributed by atoms with Crippen molar-refractivity contribution in [2.45, 2.75) is 44.9 Å². The lowest BCUT2D eigenvalue weighted by molar-refractivity contribution is -0.131. The van der Waals surface area contributed by atoms with Gasteiger partial charge in [-0.2, -0.15) is 0 Å². The summed E-state index contributed by atoms with van der Waals surface area (Å²) >= 11 is 0. The molecule has 0 atom stereocenters. The number of benzene rings is 1. The average Bonchev–Trinajstić information content (AvgIpc) is 2.81. The Bertz CT molecular complexity index is 397. The molecule has 0 radical (unpaired) electrons. The predicted octanol–water partition coefficient (Wildman–Crippen LogP) is 3.43. The van der Waals surface area contributed by atoms with E-state index in [1.165, 1.54) is 31.2 Å². The summed E-state index contributed by atoms with van der Waals surface area (Å²) < 4.78 is 5.63. The van der Waals surface area contributed by atoms with Gasteiger partial charge in [-0.1, -0.05) is 43.2 Å². The van der Waals surface area contributed by atoms with Gasteiger partial charge in [0.2, 0.25) is 5.91 Å². The van der Waals surface area contributed by atoms with E-state index < -0.39 is 0 Å². The summed E-state index contributed by atoms with van der Waals surface area (Å²) in [5, 5.41) is 0. The van der Waals surface area contributed by atoms with E-state index in [-0.39, 0.29) is 0 Å². The fraction of sp³-hybridized carbons (Fsp3) is 0.611. The molecule has 0 spiro atoms. The molecule has 0 unspecified atom stereocenters. The zero-order valence-corrected chi connectivity index (χ0v) is 12.9. The number of carbonyl (C=O) groups is 1. The van der Waals surface area contributed by atoms with E-state index in [4.69, 9.17) is 4.74 Å². The van der Waals surface area contributed by atoms with Gasteiger partial charge in [-0.15, -0.1) is 0 Å². The number of nitrogens with zero attached hydrogens (tertiary/aromatic N) is 1. The molecule has 21 heavy (non-hydrogen) atoms. The molecule has 2 rings (SSSR count). The zero-order valence-electron chi connectivity index (χ0n) is 12.9. The molecule has 1 aliphatic rings. The highest BCUT2D eigenvalue weighted by Gasteiger charge is 2.14. The maximum atomic E-state index is 12.1. The fourth-order valence-electron chi connectivity index (χ4n) is 2.74. The third-order valence-corrected chi connectivity index (χ3v) is 4.02. The SMILES string of the molecule is O=C(CCCOCCc1ccccc1)N1CCCCCC1. The van der Waals surface area contributed by atoms with E-state index in [9.17, 15) is 4.79 Å². The van der Waals surface area contributed by atoms with Crippen molar-refractivity contribution in [1.82, 2.24) is 4.90 Å². The molecule has 1 amide bonds. The van der Waals surface area contributed by atoms with Crippen molar-refractivity contribution >= 4 is 5.91 Å². The second-order valence-electron chi connectivity index (χ2n) is 5.75. The van der Waals surface area contributed by atoms with Gasteiger partial charge in [-0.25, -0.2) is 0 Å². The third kappa shape index (κ3) is 6.30. The Morgan fingerprint density at radius 2 is 1.71 bits per heavy atom. The van der Waals surface area contributed by atoms with Crippen LogP contribution >= 0.6 is 0 Å². The van der Waals surface area contributed by atoms with Crippen molar-refractivity contribution in [3.8, 4) is 0 Å². The quantitative estimate of drug-likeness (QED) is 0.720. The van der Waals surface area contributed by atoms with Crippen LogP contribution in [0.4, 0.5) is 0 Å². The highest BCUT2D eigenvalue weighted by Crippen LogP contribution is 2.11. The average molecular weight is 289 g/mol. The molecule has 3 nitrogen and oxygen atoms in total. The lowest BCUT2D eigenvalue weighted by Gasteiger charge is -2.20. The van der Waals surface area contributed by atoms with E-state index in [1.54, 1.807) is 0 Å². The normalized spacial score (nSPS) is 15.7. The van der Waals surface area contributed by atoms with Crippen LogP contribution in [0.3, 0.4) is 0 Å². The minimum atomic E-state index is 0.309. The van der Waals surface area contributed by atoms with Crippen LogP contribution in [-0.2, 0) is 16.0 Å². The molecule has 0 saturated carbocycles. The van der Waals surface area contributed by atoms with Crippen LogP contribution in [-0.4, -0.2) is 37.1 Å². The molecule has 1 saturated heterocycles.